The number of amides is 3. The molecule has 0 aromatic carbocycles. The molecule has 0 bridgehead atoms. The van der Waals surface area contributed by atoms with Crippen LogP contribution in [-0.4, -0.2) is 85.2 Å². The van der Waals surface area contributed by atoms with Crippen LogP contribution in [0.15, 0.2) is 4.99 Å². The third kappa shape index (κ3) is 12.9. The summed E-state index contributed by atoms with van der Waals surface area (Å²) in [6.45, 7) is -0.911. The predicted octanol–water partition coefficient (Wildman–Crippen LogP) is -4.94. The van der Waals surface area contributed by atoms with Crippen LogP contribution in [0.1, 0.15) is 12.8 Å². The molecule has 15 nitrogen and oxygen atoms in total. The molecule has 29 heavy (non-hydrogen) atoms. The van der Waals surface area contributed by atoms with Crippen molar-refractivity contribution in [2.75, 3.05) is 25.4 Å². The van der Waals surface area contributed by atoms with E-state index in [1.54, 1.807) is 0 Å². The second-order valence-electron chi connectivity index (χ2n) is 5.70. The fourth-order valence-electron chi connectivity index (χ4n) is 1.95. The van der Waals surface area contributed by atoms with Gasteiger partial charge in [-0.3, -0.25) is 23.9 Å². The van der Waals surface area contributed by atoms with Crippen molar-refractivity contribution in [2.45, 2.75) is 24.9 Å². The highest BCUT2D eigenvalue weighted by Crippen LogP contribution is 1.99. The summed E-state index contributed by atoms with van der Waals surface area (Å²) < 4.78 is 30.3. The Morgan fingerprint density at radius 3 is 2.10 bits per heavy atom. The third-order valence-electron chi connectivity index (χ3n) is 3.22. The maximum absolute atomic E-state index is 12.2. The molecule has 0 heterocycles. The average Bonchev–Trinajstić information content (AvgIpc) is 2.59. The first kappa shape index (κ1) is 26.0. The number of carboxylic acids is 1. The van der Waals surface area contributed by atoms with E-state index in [2.05, 4.69) is 15.6 Å². The first-order valence-electron chi connectivity index (χ1n) is 8.15. The summed E-state index contributed by atoms with van der Waals surface area (Å²) in [4.78, 5) is 50.1. The lowest BCUT2D eigenvalue weighted by atomic mass is 10.1. The summed E-state index contributed by atoms with van der Waals surface area (Å²) in [6, 6.07) is -2.98. The minimum atomic E-state index is -4.66. The standard InChI is InChI=1S/C13H25N7O8S/c14-4-9(21)19-7(2-1-3-17-13(15)16)11(23)18-5-10(22)20-8(12(24)25)6-29(26,27)28/h7-8H,1-6,14H2,(H,18,23)(H,19,21)(H,20,22)(H,24,25)(H4,15,16,17)(H,26,27,28)/t7-,8-/m0/s1. The molecular formula is C13H25N7O8S. The van der Waals surface area contributed by atoms with Crippen LogP contribution in [0.5, 0.6) is 0 Å². The highest BCUT2D eigenvalue weighted by atomic mass is 32.2. The molecule has 166 valence electrons. The Morgan fingerprint density at radius 1 is 1.03 bits per heavy atom. The van der Waals surface area contributed by atoms with Gasteiger partial charge in [0.1, 0.15) is 17.8 Å². The fraction of sp³-hybridized carbons (Fsp3) is 0.615. The molecule has 16 heteroatoms. The average molecular weight is 439 g/mol. The van der Waals surface area contributed by atoms with Crippen LogP contribution in [0.2, 0.25) is 0 Å². The largest absolute Gasteiger partial charge is 0.480 e. The van der Waals surface area contributed by atoms with Crippen LogP contribution in [-0.2, 0) is 29.3 Å². The molecule has 0 unspecified atom stereocenters. The minimum Gasteiger partial charge on any atom is -0.480 e. The number of nitrogens with one attached hydrogen (secondary N) is 3. The number of rotatable bonds is 13. The maximum atomic E-state index is 12.2. The topological polar surface area (TPSA) is 269 Å². The Hall–Kier alpha value is -2.98. The van der Waals surface area contributed by atoms with E-state index in [1.165, 1.54) is 0 Å². The lowest BCUT2D eigenvalue weighted by molar-refractivity contribution is -0.141. The summed E-state index contributed by atoms with van der Waals surface area (Å²) in [6.07, 6.45) is 0.416. The van der Waals surface area contributed by atoms with E-state index < -0.39 is 58.2 Å². The lowest BCUT2D eigenvalue weighted by Gasteiger charge is -2.18. The zero-order valence-corrected chi connectivity index (χ0v) is 16.1. The van der Waals surface area contributed by atoms with Gasteiger partial charge in [-0.1, -0.05) is 0 Å². The smallest absolute Gasteiger partial charge is 0.327 e. The number of aliphatic carboxylic acids is 1. The molecule has 0 aromatic heterocycles. The number of guanidine groups is 1. The maximum Gasteiger partial charge on any atom is 0.327 e. The van der Waals surface area contributed by atoms with E-state index in [4.69, 9.17) is 26.9 Å². The monoisotopic (exact) mass is 439 g/mol. The van der Waals surface area contributed by atoms with Gasteiger partial charge in [0, 0.05) is 6.54 Å². The van der Waals surface area contributed by atoms with Gasteiger partial charge in [0.2, 0.25) is 17.7 Å². The lowest BCUT2D eigenvalue weighted by Crippen LogP contribution is -2.52. The van der Waals surface area contributed by atoms with Crippen molar-refractivity contribution < 1.29 is 37.3 Å². The SMILES string of the molecule is NCC(=O)N[C@@H](CCCN=C(N)N)C(=O)NCC(=O)N[C@@H](CS(=O)(=O)O)C(=O)O. The molecule has 3 amide bonds. The summed E-state index contributed by atoms with van der Waals surface area (Å²) >= 11 is 0. The zero-order chi connectivity index (χ0) is 22.6. The predicted molar refractivity (Wildman–Crippen MR) is 99.9 cm³/mol. The third-order valence-corrected chi connectivity index (χ3v) is 3.97. The molecule has 0 aliphatic rings. The molecule has 0 aromatic rings. The molecular weight excluding hydrogens is 414 g/mol. The molecule has 11 N–H and O–H groups in total. The van der Waals surface area contributed by atoms with Crippen molar-refractivity contribution in [1.29, 1.82) is 0 Å². The van der Waals surface area contributed by atoms with E-state index in [0.29, 0.717) is 6.42 Å². The number of carbonyl (C=O) groups is 4. The van der Waals surface area contributed by atoms with E-state index in [0.717, 1.165) is 0 Å². The number of hydrogen-bond donors (Lipinski definition) is 8. The Labute approximate surface area is 166 Å². The first-order chi connectivity index (χ1) is 13.4. The quantitative estimate of drug-likeness (QED) is 0.0582. The van der Waals surface area contributed by atoms with Gasteiger partial charge in [0.05, 0.1) is 13.1 Å². The number of carboxylic acid groups (broad SMARTS) is 1. The van der Waals surface area contributed by atoms with Crippen molar-refractivity contribution >= 4 is 39.8 Å². The number of nitrogens with two attached hydrogens (primary N) is 3. The molecule has 0 aliphatic heterocycles. The van der Waals surface area contributed by atoms with Gasteiger partial charge in [-0.25, -0.2) is 4.79 Å². The molecule has 0 fully saturated rings. The van der Waals surface area contributed by atoms with Gasteiger partial charge in [0.15, 0.2) is 5.96 Å². The van der Waals surface area contributed by atoms with Crippen LogP contribution in [0.3, 0.4) is 0 Å². The van der Waals surface area contributed by atoms with Gasteiger partial charge < -0.3 is 38.3 Å². The molecule has 0 saturated heterocycles. The van der Waals surface area contributed by atoms with E-state index >= 15 is 0 Å². The highest BCUT2D eigenvalue weighted by Gasteiger charge is 2.26. The molecule has 2 atom stereocenters. The van der Waals surface area contributed by atoms with Crippen molar-refractivity contribution in [3.8, 4) is 0 Å². The number of hydrogen-bond acceptors (Lipinski definition) is 8. The summed E-state index contributed by atoms with van der Waals surface area (Å²) in [7, 11) is -4.66. The van der Waals surface area contributed by atoms with Gasteiger partial charge in [0.25, 0.3) is 10.1 Å². The highest BCUT2D eigenvalue weighted by molar-refractivity contribution is 7.85. The molecule has 0 spiro atoms. The first-order valence-corrected chi connectivity index (χ1v) is 9.76. The van der Waals surface area contributed by atoms with E-state index in [-0.39, 0.29) is 25.5 Å². The van der Waals surface area contributed by atoms with Crippen LogP contribution in [0, 0.1) is 0 Å². The molecule has 0 rings (SSSR count). The number of aliphatic imine (C=N–C) groups is 1. The van der Waals surface area contributed by atoms with Gasteiger partial charge in [-0.2, -0.15) is 8.42 Å². The minimum absolute atomic E-state index is 0.108. The fourth-order valence-corrected chi connectivity index (χ4v) is 2.59. The van der Waals surface area contributed by atoms with Crippen molar-refractivity contribution in [3.63, 3.8) is 0 Å². The summed E-state index contributed by atoms with van der Waals surface area (Å²) in [5.41, 5.74) is 15.5. The van der Waals surface area contributed by atoms with E-state index in [1.807, 2.05) is 5.32 Å². The molecule has 0 aliphatic carbocycles. The van der Waals surface area contributed by atoms with Gasteiger partial charge in [-0.15, -0.1) is 0 Å². The second kappa shape index (κ2) is 12.5. The molecule has 0 radical (unpaired) electrons. The summed E-state index contributed by atoms with van der Waals surface area (Å²) in [5.74, 6) is -5.52. The van der Waals surface area contributed by atoms with Crippen LogP contribution >= 0.6 is 0 Å². The Balaban J connectivity index is 4.80. The number of carbonyl (C=O) groups excluding carboxylic acids is 3. The van der Waals surface area contributed by atoms with Gasteiger partial charge in [-0.05, 0) is 12.8 Å². The molecule has 0 saturated carbocycles. The van der Waals surface area contributed by atoms with Gasteiger partial charge >= 0.3 is 5.97 Å². The van der Waals surface area contributed by atoms with Crippen molar-refractivity contribution in [1.82, 2.24) is 16.0 Å². The number of nitrogens with zero attached hydrogens (tertiary/aromatic N) is 1. The van der Waals surface area contributed by atoms with Crippen LogP contribution < -0.4 is 33.2 Å². The zero-order valence-electron chi connectivity index (χ0n) is 15.3. The van der Waals surface area contributed by atoms with Crippen LogP contribution in [0.4, 0.5) is 0 Å². The van der Waals surface area contributed by atoms with Crippen molar-refractivity contribution in [2.24, 2.45) is 22.2 Å². The van der Waals surface area contributed by atoms with E-state index in [9.17, 15) is 27.6 Å². The normalized spacial score (nSPS) is 12.9. The Kier molecular flexibility index (Phi) is 11.2. The van der Waals surface area contributed by atoms with Crippen LogP contribution in [0.25, 0.3) is 0 Å². The van der Waals surface area contributed by atoms with Crippen molar-refractivity contribution in [3.05, 3.63) is 0 Å². The Bertz CT molecular complexity index is 735. The Morgan fingerprint density at radius 2 is 1.62 bits per heavy atom. The second-order valence-corrected chi connectivity index (χ2v) is 7.19. The summed E-state index contributed by atoms with van der Waals surface area (Å²) in [5, 5.41) is 15.2.